The molecule has 2 amide bonds. The maximum absolute atomic E-state index is 12.7. The second-order valence-corrected chi connectivity index (χ2v) is 7.04. The molecule has 1 heterocycles. The van der Waals surface area contributed by atoms with Crippen LogP contribution in [-0.4, -0.2) is 29.0 Å². The summed E-state index contributed by atoms with van der Waals surface area (Å²) in [5.41, 5.74) is 2.23. The summed E-state index contributed by atoms with van der Waals surface area (Å²) in [5.74, 6) is 1.77. The number of carbonyl (C=O) groups is 1. The summed E-state index contributed by atoms with van der Waals surface area (Å²) in [6.45, 7) is 0.682. The van der Waals surface area contributed by atoms with Crippen molar-refractivity contribution in [2.24, 2.45) is 0 Å². The Hall–Kier alpha value is -2.16. The molecule has 4 nitrogen and oxygen atoms in total. The number of anilines is 1. The van der Waals surface area contributed by atoms with E-state index in [1.165, 1.54) is 0 Å². The smallest absolute Gasteiger partial charge is 0.316 e. The van der Waals surface area contributed by atoms with Crippen LogP contribution >= 0.6 is 23.4 Å². The number of hydrogen-bond acceptors (Lipinski definition) is 3. The third-order valence-corrected chi connectivity index (χ3v) is 5.16. The SMILES string of the molecule is N#Cc1cccc(NC(=O)N2CCSC[C@@H]2c2ccc(Cl)cc2)c1. The molecule has 1 N–H and O–H groups in total. The van der Waals surface area contributed by atoms with Crippen molar-refractivity contribution >= 4 is 35.1 Å². The Bertz CT molecular complexity index is 773. The minimum atomic E-state index is -0.148. The van der Waals surface area contributed by atoms with Gasteiger partial charge in [-0.15, -0.1) is 0 Å². The Morgan fingerprint density at radius 2 is 2.08 bits per heavy atom. The zero-order valence-corrected chi connectivity index (χ0v) is 14.5. The van der Waals surface area contributed by atoms with Gasteiger partial charge in [0.15, 0.2) is 0 Å². The maximum atomic E-state index is 12.7. The molecule has 0 saturated carbocycles. The van der Waals surface area contributed by atoms with Gasteiger partial charge in [0.25, 0.3) is 0 Å². The third kappa shape index (κ3) is 3.84. The second kappa shape index (κ2) is 7.61. The van der Waals surface area contributed by atoms with Gasteiger partial charge in [0.1, 0.15) is 0 Å². The Morgan fingerprint density at radius 1 is 1.29 bits per heavy atom. The Morgan fingerprint density at radius 3 is 2.83 bits per heavy atom. The monoisotopic (exact) mass is 357 g/mol. The number of thioether (sulfide) groups is 1. The van der Waals surface area contributed by atoms with Crippen molar-refractivity contribution in [3.63, 3.8) is 0 Å². The lowest BCUT2D eigenvalue weighted by molar-refractivity contribution is 0.196. The van der Waals surface area contributed by atoms with Gasteiger partial charge in [0, 0.05) is 28.8 Å². The average Bonchev–Trinajstić information content (AvgIpc) is 2.62. The summed E-state index contributed by atoms with van der Waals surface area (Å²) < 4.78 is 0. The van der Waals surface area contributed by atoms with Crippen LogP contribution in [0.4, 0.5) is 10.5 Å². The van der Waals surface area contributed by atoms with Crippen LogP contribution in [0, 0.1) is 11.3 Å². The molecule has 122 valence electrons. The summed E-state index contributed by atoms with van der Waals surface area (Å²) in [5, 5.41) is 12.6. The molecular formula is C18H16ClN3OS. The van der Waals surface area contributed by atoms with E-state index < -0.39 is 0 Å². The van der Waals surface area contributed by atoms with Gasteiger partial charge in [-0.05, 0) is 35.9 Å². The van der Waals surface area contributed by atoms with E-state index in [1.54, 1.807) is 24.3 Å². The first-order chi connectivity index (χ1) is 11.7. The molecule has 0 spiro atoms. The lowest BCUT2D eigenvalue weighted by Crippen LogP contribution is -2.43. The molecule has 0 aliphatic carbocycles. The molecule has 1 atom stereocenters. The van der Waals surface area contributed by atoms with E-state index in [-0.39, 0.29) is 12.1 Å². The number of rotatable bonds is 2. The Labute approximate surface area is 150 Å². The zero-order valence-electron chi connectivity index (χ0n) is 12.9. The first-order valence-electron chi connectivity index (χ1n) is 7.58. The molecule has 0 radical (unpaired) electrons. The van der Waals surface area contributed by atoms with Gasteiger partial charge in [-0.1, -0.05) is 29.8 Å². The molecular weight excluding hydrogens is 342 g/mol. The molecule has 3 rings (SSSR count). The highest BCUT2D eigenvalue weighted by atomic mass is 35.5. The molecule has 0 unspecified atom stereocenters. The lowest BCUT2D eigenvalue weighted by atomic mass is 10.1. The van der Waals surface area contributed by atoms with Crippen LogP contribution in [0.15, 0.2) is 48.5 Å². The summed E-state index contributed by atoms with van der Waals surface area (Å²) in [7, 11) is 0. The number of carbonyl (C=O) groups excluding carboxylic acids is 1. The van der Waals surface area contributed by atoms with Crippen molar-refractivity contribution < 1.29 is 4.79 Å². The number of hydrogen-bond donors (Lipinski definition) is 1. The van der Waals surface area contributed by atoms with E-state index in [0.717, 1.165) is 17.1 Å². The number of nitriles is 1. The molecule has 0 aromatic heterocycles. The summed E-state index contributed by atoms with van der Waals surface area (Å²) >= 11 is 7.80. The number of benzene rings is 2. The Balaban J connectivity index is 1.78. The van der Waals surface area contributed by atoms with Crippen LogP contribution in [0.25, 0.3) is 0 Å². The predicted molar refractivity (Wildman–Crippen MR) is 98.4 cm³/mol. The van der Waals surface area contributed by atoms with Crippen LogP contribution in [0.3, 0.4) is 0 Å². The fourth-order valence-electron chi connectivity index (χ4n) is 2.67. The summed E-state index contributed by atoms with van der Waals surface area (Å²) in [4.78, 5) is 14.6. The maximum Gasteiger partial charge on any atom is 0.322 e. The average molecular weight is 358 g/mol. The minimum absolute atomic E-state index is 0.0140. The zero-order chi connectivity index (χ0) is 16.9. The van der Waals surface area contributed by atoms with E-state index in [1.807, 2.05) is 40.9 Å². The van der Waals surface area contributed by atoms with E-state index in [4.69, 9.17) is 16.9 Å². The molecule has 1 fully saturated rings. The van der Waals surface area contributed by atoms with Gasteiger partial charge < -0.3 is 10.2 Å². The van der Waals surface area contributed by atoms with Crippen LogP contribution in [-0.2, 0) is 0 Å². The molecule has 2 aromatic rings. The molecule has 6 heteroatoms. The first-order valence-corrected chi connectivity index (χ1v) is 9.11. The molecule has 0 bridgehead atoms. The molecule has 1 aliphatic rings. The van der Waals surface area contributed by atoms with Gasteiger partial charge in [-0.2, -0.15) is 17.0 Å². The lowest BCUT2D eigenvalue weighted by Gasteiger charge is -2.35. The fraction of sp³-hybridized carbons (Fsp3) is 0.222. The van der Waals surface area contributed by atoms with Gasteiger partial charge in [-0.3, -0.25) is 0 Å². The fourth-order valence-corrected chi connectivity index (χ4v) is 3.88. The van der Waals surface area contributed by atoms with Crippen molar-refractivity contribution in [2.75, 3.05) is 23.4 Å². The Kier molecular flexibility index (Phi) is 5.29. The quantitative estimate of drug-likeness (QED) is 0.858. The molecule has 1 aliphatic heterocycles. The van der Waals surface area contributed by atoms with Crippen LogP contribution in [0.5, 0.6) is 0 Å². The largest absolute Gasteiger partial charge is 0.322 e. The summed E-state index contributed by atoms with van der Waals surface area (Å²) in [6, 6.07) is 16.5. The van der Waals surface area contributed by atoms with Crippen molar-refractivity contribution in [1.29, 1.82) is 5.26 Å². The van der Waals surface area contributed by atoms with Crippen molar-refractivity contribution in [3.05, 3.63) is 64.7 Å². The van der Waals surface area contributed by atoms with E-state index in [2.05, 4.69) is 11.4 Å². The summed E-state index contributed by atoms with van der Waals surface area (Å²) in [6.07, 6.45) is 0. The predicted octanol–water partition coefficient (Wildman–Crippen LogP) is 4.53. The molecule has 24 heavy (non-hydrogen) atoms. The highest BCUT2D eigenvalue weighted by Gasteiger charge is 2.28. The number of halogens is 1. The van der Waals surface area contributed by atoms with Crippen molar-refractivity contribution in [3.8, 4) is 6.07 Å². The number of nitrogens with one attached hydrogen (secondary N) is 1. The van der Waals surface area contributed by atoms with Gasteiger partial charge in [0.2, 0.25) is 0 Å². The minimum Gasteiger partial charge on any atom is -0.316 e. The van der Waals surface area contributed by atoms with Crippen molar-refractivity contribution in [2.45, 2.75) is 6.04 Å². The van der Waals surface area contributed by atoms with E-state index in [9.17, 15) is 4.79 Å². The van der Waals surface area contributed by atoms with E-state index >= 15 is 0 Å². The van der Waals surface area contributed by atoms with Crippen molar-refractivity contribution in [1.82, 2.24) is 4.90 Å². The third-order valence-electron chi connectivity index (χ3n) is 3.89. The first kappa shape index (κ1) is 16.7. The molecule has 1 saturated heterocycles. The number of amides is 2. The molecule has 2 aromatic carbocycles. The van der Waals surface area contributed by atoms with Gasteiger partial charge in [-0.25, -0.2) is 4.79 Å². The van der Waals surface area contributed by atoms with Crippen LogP contribution < -0.4 is 5.32 Å². The van der Waals surface area contributed by atoms with Crippen LogP contribution in [0.2, 0.25) is 5.02 Å². The topological polar surface area (TPSA) is 56.1 Å². The standard InChI is InChI=1S/C18H16ClN3OS/c19-15-6-4-14(5-7-15)17-12-24-9-8-22(17)18(23)21-16-3-1-2-13(10-16)11-20/h1-7,10,17H,8-9,12H2,(H,21,23)/t17-/m1/s1. The number of urea groups is 1. The van der Waals surface area contributed by atoms with Crippen LogP contribution in [0.1, 0.15) is 17.2 Å². The highest BCUT2D eigenvalue weighted by Crippen LogP contribution is 2.30. The second-order valence-electron chi connectivity index (χ2n) is 5.46. The number of nitrogens with zero attached hydrogens (tertiary/aromatic N) is 2. The highest BCUT2D eigenvalue weighted by molar-refractivity contribution is 7.99. The normalized spacial score (nSPS) is 17.2. The van der Waals surface area contributed by atoms with Gasteiger partial charge >= 0.3 is 6.03 Å². The van der Waals surface area contributed by atoms with Gasteiger partial charge in [0.05, 0.1) is 17.7 Å². The van der Waals surface area contributed by atoms with E-state index in [0.29, 0.717) is 22.8 Å².